The van der Waals surface area contributed by atoms with E-state index in [1.807, 2.05) is 6.92 Å². The lowest BCUT2D eigenvalue weighted by Gasteiger charge is -2.28. The minimum Gasteiger partial charge on any atom is -0.466 e. The fourth-order valence-corrected chi connectivity index (χ4v) is 4.10. The summed E-state index contributed by atoms with van der Waals surface area (Å²) >= 11 is 0. The van der Waals surface area contributed by atoms with E-state index in [0.717, 1.165) is 12.8 Å². The molecule has 0 unspecified atom stereocenters. The molecule has 0 atom stereocenters. The minimum absolute atomic E-state index is 0.101. The highest BCUT2D eigenvalue weighted by molar-refractivity contribution is 5.99. The van der Waals surface area contributed by atoms with Gasteiger partial charge in [-0.1, -0.05) is 24.3 Å². The molecule has 0 heterocycles. The molecular formula is C28H32O8. The first kappa shape index (κ1) is 26.8. The number of ketones is 1. The van der Waals surface area contributed by atoms with Crippen LogP contribution in [0, 0.1) is 5.92 Å². The number of carbonyl (C=O) groups is 3. The number of carbonyl (C=O) groups excluding carboxylic acids is 3. The van der Waals surface area contributed by atoms with Crippen LogP contribution >= 0.6 is 0 Å². The third-order valence-corrected chi connectivity index (χ3v) is 5.82. The van der Waals surface area contributed by atoms with Gasteiger partial charge in [-0.15, -0.1) is 0 Å². The molecular weight excluding hydrogens is 464 g/mol. The van der Waals surface area contributed by atoms with Crippen molar-refractivity contribution in [2.45, 2.75) is 52.1 Å². The first-order valence-corrected chi connectivity index (χ1v) is 12.2. The molecule has 1 fully saturated rings. The van der Waals surface area contributed by atoms with Crippen molar-refractivity contribution in [2.24, 2.45) is 5.92 Å². The Balaban J connectivity index is 1.53. The molecule has 2 aromatic rings. The summed E-state index contributed by atoms with van der Waals surface area (Å²) in [6.45, 7) is 7.76. The molecule has 2 aromatic carbocycles. The highest BCUT2D eigenvalue weighted by atomic mass is 16.7. The van der Waals surface area contributed by atoms with Crippen molar-refractivity contribution in [3.8, 4) is 11.5 Å². The van der Waals surface area contributed by atoms with Gasteiger partial charge >= 0.3 is 12.1 Å². The summed E-state index contributed by atoms with van der Waals surface area (Å²) in [7, 11) is 0. The number of rotatable bonds is 11. The third kappa shape index (κ3) is 7.60. The number of ether oxygens (including phenoxy) is 5. The normalized spacial score (nSPS) is 16.9. The predicted octanol–water partition coefficient (Wildman–Crippen LogP) is 6.10. The topological polar surface area (TPSA) is 97.4 Å². The van der Waals surface area contributed by atoms with Crippen LogP contribution in [0.15, 0.2) is 61.1 Å². The first-order chi connectivity index (χ1) is 17.4. The van der Waals surface area contributed by atoms with Gasteiger partial charge in [0.15, 0.2) is 5.78 Å². The summed E-state index contributed by atoms with van der Waals surface area (Å²) < 4.78 is 26.5. The molecule has 1 saturated carbocycles. The molecule has 192 valence electrons. The van der Waals surface area contributed by atoms with Crippen molar-refractivity contribution < 1.29 is 38.1 Å². The molecule has 0 saturated heterocycles. The Bertz CT molecular complexity index is 983. The van der Waals surface area contributed by atoms with Crippen molar-refractivity contribution in [1.82, 2.24) is 0 Å². The number of esters is 1. The van der Waals surface area contributed by atoms with E-state index in [0.29, 0.717) is 42.7 Å². The Labute approximate surface area is 211 Å². The van der Waals surface area contributed by atoms with Crippen LogP contribution in [-0.4, -0.2) is 37.2 Å². The Morgan fingerprint density at radius 1 is 0.806 bits per heavy atom. The van der Waals surface area contributed by atoms with E-state index in [4.69, 9.17) is 23.7 Å². The second-order valence-electron chi connectivity index (χ2n) is 8.36. The zero-order chi connectivity index (χ0) is 25.9. The van der Waals surface area contributed by atoms with Crippen molar-refractivity contribution >= 4 is 17.9 Å². The highest BCUT2D eigenvalue weighted by Crippen LogP contribution is 2.32. The van der Waals surface area contributed by atoms with E-state index in [1.165, 1.54) is 0 Å². The van der Waals surface area contributed by atoms with Crippen molar-refractivity contribution in [1.29, 1.82) is 0 Å². The molecule has 0 aromatic heterocycles. The smallest absolute Gasteiger partial charge is 0.466 e. The van der Waals surface area contributed by atoms with E-state index in [-0.39, 0.29) is 36.1 Å². The van der Waals surface area contributed by atoms with Crippen LogP contribution in [0.4, 0.5) is 4.79 Å². The average molecular weight is 497 g/mol. The van der Waals surface area contributed by atoms with Gasteiger partial charge in [0, 0.05) is 6.42 Å². The molecule has 3 rings (SSSR count). The number of para-hydroxylation sites is 2. The fourth-order valence-electron chi connectivity index (χ4n) is 4.10. The molecule has 1 aliphatic carbocycles. The zero-order valence-corrected chi connectivity index (χ0v) is 20.7. The van der Waals surface area contributed by atoms with E-state index < -0.39 is 12.1 Å². The Morgan fingerprint density at radius 3 is 2.03 bits per heavy atom. The Hall–Kier alpha value is -3.81. The fraction of sp³-hybridized carbons (Fsp3) is 0.393. The van der Waals surface area contributed by atoms with Gasteiger partial charge in [0.05, 0.1) is 18.8 Å². The molecule has 8 heteroatoms. The molecule has 0 aliphatic heterocycles. The Kier molecular flexibility index (Phi) is 9.92. The van der Waals surface area contributed by atoms with E-state index in [1.54, 1.807) is 55.5 Å². The summed E-state index contributed by atoms with van der Waals surface area (Å²) in [5.74, 6) is 0.196. The average Bonchev–Trinajstić information content (AvgIpc) is 2.86. The van der Waals surface area contributed by atoms with Crippen molar-refractivity contribution in [2.75, 3.05) is 13.2 Å². The largest absolute Gasteiger partial charge is 0.513 e. The minimum atomic E-state index is -0.839. The second kappa shape index (κ2) is 13.3. The summed E-state index contributed by atoms with van der Waals surface area (Å²) in [6.07, 6.45) is 2.02. The maximum atomic E-state index is 12.9. The molecule has 36 heavy (non-hydrogen) atoms. The summed E-state index contributed by atoms with van der Waals surface area (Å²) in [5.41, 5.74) is 0.651. The van der Waals surface area contributed by atoms with Gasteiger partial charge in [0.2, 0.25) is 0 Å². The van der Waals surface area contributed by atoms with Gasteiger partial charge in [-0.25, -0.2) is 9.59 Å². The van der Waals surface area contributed by atoms with E-state index in [2.05, 4.69) is 6.58 Å². The lowest BCUT2D eigenvalue weighted by Crippen LogP contribution is -2.26. The van der Waals surface area contributed by atoms with Crippen LogP contribution < -0.4 is 9.47 Å². The van der Waals surface area contributed by atoms with Crippen LogP contribution in [0.1, 0.15) is 66.7 Å². The summed E-state index contributed by atoms with van der Waals surface area (Å²) in [4.78, 5) is 37.4. The monoisotopic (exact) mass is 496 g/mol. The molecule has 0 radical (unpaired) electrons. The molecule has 0 spiro atoms. The lowest BCUT2D eigenvalue weighted by atomic mass is 9.83. The highest BCUT2D eigenvalue weighted by Gasteiger charge is 2.28. The van der Waals surface area contributed by atoms with Gasteiger partial charge in [0.25, 0.3) is 5.95 Å². The number of Topliss-reactive ketones (excluding diaryl/α,β-unsaturated/α-hetero) is 1. The molecule has 1 aliphatic rings. The number of hydrogen-bond donors (Lipinski definition) is 0. The predicted molar refractivity (Wildman–Crippen MR) is 132 cm³/mol. The zero-order valence-electron chi connectivity index (χ0n) is 20.7. The number of hydrogen-bond acceptors (Lipinski definition) is 8. The molecule has 8 nitrogen and oxygen atoms in total. The second-order valence-corrected chi connectivity index (χ2v) is 8.36. The van der Waals surface area contributed by atoms with Gasteiger partial charge in [-0.2, -0.15) is 0 Å². The quantitative estimate of drug-likeness (QED) is 0.159. The number of benzene rings is 2. The summed E-state index contributed by atoms with van der Waals surface area (Å²) in [5, 5.41) is 0. The first-order valence-electron chi connectivity index (χ1n) is 12.2. The maximum Gasteiger partial charge on any atom is 0.513 e. The van der Waals surface area contributed by atoms with E-state index >= 15 is 0 Å². The maximum absolute atomic E-state index is 12.9. The third-order valence-electron chi connectivity index (χ3n) is 5.82. The standard InChI is InChI=1S/C28H32O8/c1-4-32-19(3)34-26-13-9-7-11-23(26)27(30)35-21-16-14-20(15-17-21)18-24(29)22-10-6-8-12-25(22)36-28(31)33-5-2/h6-13,20-21H,3-5,14-18H2,1-2H3. The summed E-state index contributed by atoms with van der Waals surface area (Å²) in [6, 6.07) is 13.4. The van der Waals surface area contributed by atoms with Gasteiger partial charge in [0.1, 0.15) is 23.2 Å². The molecule has 0 amide bonds. The SMILES string of the molecule is C=C(OCC)Oc1ccccc1C(=O)OC1CCC(CC(=O)c2ccccc2OC(=O)OCC)CC1. The lowest BCUT2D eigenvalue weighted by molar-refractivity contribution is 0.0155. The van der Waals surface area contributed by atoms with Crippen LogP contribution in [0.5, 0.6) is 11.5 Å². The van der Waals surface area contributed by atoms with Crippen LogP contribution in [0.25, 0.3) is 0 Å². The molecule has 0 bridgehead atoms. The molecule has 0 N–H and O–H groups in total. The van der Waals surface area contributed by atoms with Gasteiger partial charge < -0.3 is 23.7 Å². The van der Waals surface area contributed by atoms with Crippen molar-refractivity contribution in [3.05, 3.63) is 72.2 Å². The van der Waals surface area contributed by atoms with Gasteiger partial charge in [-0.05, 0) is 76.3 Å². The van der Waals surface area contributed by atoms with Crippen LogP contribution in [-0.2, 0) is 14.2 Å². The van der Waals surface area contributed by atoms with Crippen molar-refractivity contribution in [3.63, 3.8) is 0 Å². The van der Waals surface area contributed by atoms with Crippen LogP contribution in [0.3, 0.4) is 0 Å². The van der Waals surface area contributed by atoms with Gasteiger partial charge in [-0.3, -0.25) is 4.79 Å². The van der Waals surface area contributed by atoms with E-state index in [9.17, 15) is 14.4 Å². The van der Waals surface area contributed by atoms with Crippen LogP contribution in [0.2, 0.25) is 0 Å². The Morgan fingerprint density at radius 2 is 1.39 bits per heavy atom.